The van der Waals surface area contributed by atoms with Crippen LogP contribution in [0.25, 0.3) is 0 Å². The van der Waals surface area contributed by atoms with Crippen molar-refractivity contribution in [2.45, 2.75) is 38.7 Å². The van der Waals surface area contributed by atoms with E-state index in [2.05, 4.69) is 0 Å². The fourth-order valence-electron chi connectivity index (χ4n) is 1.75. The van der Waals surface area contributed by atoms with E-state index in [9.17, 15) is 9.90 Å². The fraction of sp³-hybridized carbons (Fsp3) is 0.462. The molecule has 1 aromatic rings. The Balaban J connectivity index is 2.72. The number of aliphatic hydroxyl groups is 1. The maximum atomic E-state index is 11.0. The van der Waals surface area contributed by atoms with E-state index in [-0.39, 0.29) is 12.2 Å². The second-order valence-corrected chi connectivity index (χ2v) is 4.12. The molecule has 0 amide bonds. The Kier molecular flexibility index (Phi) is 4.04. The highest BCUT2D eigenvalue weighted by molar-refractivity contribution is 5.76. The molecular formula is C13H18O2. The molecule has 0 aliphatic rings. The molecule has 0 radical (unpaired) electrons. The molecule has 15 heavy (non-hydrogen) atoms. The molecule has 0 saturated heterocycles. The van der Waals surface area contributed by atoms with E-state index in [1.54, 1.807) is 0 Å². The number of carbonyl (C=O) groups is 1. The van der Waals surface area contributed by atoms with Gasteiger partial charge in [-0.15, -0.1) is 0 Å². The lowest BCUT2D eigenvalue weighted by Crippen LogP contribution is -2.32. The van der Waals surface area contributed by atoms with Crippen molar-refractivity contribution in [1.29, 1.82) is 0 Å². The van der Waals surface area contributed by atoms with Crippen molar-refractivity contribution in [3.8, 4) is 0 Å². The average molecular weight is 206 g/mol. The fourth-order valence-corrected chi connectivity index (χ4v) is 1.75. The Hall–Kier alpha value is -1.15. The molecule has 0 bridgehead atoms. The van der Waals surface area contributed by atoms with Crippen molar-refractivity contribution in [2.75, 3.05) is 0 Å². The molecule has 1 aromatic carbocycles. The minimum Gasteiger partial charge on any atom is -0.389 e. The molecule has 0 saturated carbocycles. The zero-order chi connectivity index (χ0) is 11.3. The van der Waals surface area contributed by atoms with Gasteiger partial charge >= 0.3 is 0 Å². The van der Waals surface area contributed by atoms with Crippen LogP contribution in [0.1, 0.15) is 32.3 Å². The van der Waals surface area contributed by atoms with Crippen molar-refractivity contribution < 1.29 is 9.90 Å². The molecule has 0 fully saturated rings. The number of hydrogen-bond acceptors (Lipinski definition) is 2. The third-order valence-corrected chi connectivity index (χ3v) is 2.61. The highest BCUT2D eigenvalue weighted by atomic mass is 16.3. The molecule has 0 heterocycles. The van der Waals surface area contributed by atoms with E-state index in [1.165, 1.54) is 6.92 Å². The summed E-state index contributed by atoms with van der Waals surface area (Å²) in [7, 11) is 0. The summed E-state index contributed by atoms with van der Waals surface area (Å²) in [6.07, 6.45) is 1.38. The van der Waals surface area contributed by atoms with Crippen LogP contribution < -0.4 is 0 Å². The standard InChI is InChI=1S/C13H18O2/c1-3-13(15,9-11(2)14)10-12-7-5-4-6-8-12/h4-8,15H,3,9-10H2,1-2H3. The normalized spacial score (nSPS) is 14.6. The molecule has 0 aromatic heterocycles. The van der Waals surface area contributed by atoms with Crippen LogP contribution in [-0.2, 0) is 11.2 Å². The molecule has 1 N–H and O–H groups in total. The Labute approximate surface area is 90.9 Å². The topological polar surface area (TPSA) is 37.3 Å². The first kappa shape index (κ1) is 11.9. The van der Waals surface area contributed by atoms with Crippen LogP contribution in [0.4, 0.5) is 0 Å². The van der Waals surface area contributed by atoms with Crippen LogP contribution in [0.2, 0.25) is 0 Å². The van der Waals surface area contributed by atoms with E-state index in [0.717, 1.165) is 5.56 Å². The van der Waals surface area contributed by atoms with Crippen molar-refractivity contribution in [3.63, 3.8) is 0 Å². The van der Waals surface area contributed by atoms with Crippen LogP contribution in [0, 0.1) is 0 Å². The summed E-state index contributed by atoms with van der Waals surface area (Å²) < 4.78 is 0. The molecule has 1 rings (SSSR count). The van der Waals surface area contributed by atoms with Gasteiger partial charge in [0.25, 0.3) is 0 Å². The van der Waals surface area contributed by atoms with Crippen LogP contribution in [0.3, 0.4) is 0 Å². The van der Waals surface area contributed by atoms with Crippen molar-refractivity contribution in [2.24, 2.45) is 0 Å². The zero-order valence-corrected chi connectivity index (χ0v) is 9.36. The van der Waals surface area contributed by atoms with Crippen molar-refractivity contribution in [3.05, 3.63) is 35.9 Å². The third kappa shape index (κ3) is 3.84. The average Bonchev–Trinajstić information content (AvgIpc) is 2.18. The molecule has 82 valence electrons. The molecule has 0 aliphatic carbocycles. The zero-order valence-electron chi connectivity index (χ0n) is 9.36. The maximum Gasteiger partial charge on any atom is 0.132 e. The second kappa shape index (κ2) is 5.08. The van der Waals surface area contributed by atoms with Crippen LogP contribution in [0.15, 0.2) is 30.3 Å². The maximum absolute atomic E-state index is 11.0. The Morgan fingerprint density at radius 2 is 1.93 bits per heavy atom. The number of Topliss-reactive ketones (excluding diaryl/α,β-unsaturated/α-hetero) is 1. The smallest absolute Gasteiger partial charge is 0.132 e. The first-order chi connectivity index (χ1) is 7.06. The lowest BCUT2D eigenvalue weighted by atomic mass is 9.87. The lowest BCUT2D eigenvalue weighted by Gasteiger charge is -2.25. The molecule has 0 spiro atoms. The van der Waals surface area contributed by atoms with Gasteiger partial charge in [0, 0.05) is 12.8 Å². The summed E-state index contributed by atoms with van der Waals surface area (Å²) in [5.41, 5.74) is 0.191. The summed E-state index contributed by atoms with van der Waals surface area (Å²) in [6, 6.07) is 9.78. The Bertz CT molecular complexity index is 319. The van der Waals surface area contributed by atoms with Gasteiger partial charge in [0.05, 0.1) is 5.60 Å². The van der Waals surface area contributed by atoms with Crippen molar-refractivity contribution >= 4 is 5.78 Å². The van der Waals surface area contributed by atoms with Gasteiger partial charge in [0.15, 0.2) is 0 Å². The molecule has 1 unspecified atom stereocenters. The Morgan fingerprint density at radius 1 is 1.33 bits per heavy atom. The van der Waals surface area contributed by atoms with Crippen LogP contribution in [-0.4, -0.2) is 16.5 Å². The van der Waals surface area contributed by atoms with Gasteiger partial charge in [-0.05, 0) is 18.9 Å². The number of ketones is 1. The molecule has 2 nitrogen and oxygen atoms in total. The first-order valence-corrected chi connectivity index (χ1v) is 5.31. The largest absolute Gasteiger partial charge is 0.389 e. The Morgan fingerprint density at radius 3 is 2.40 bits per heavy atom. The van der Waals surface area contributed by atoms with Gasteiger partial charge in [0.1, 0.15) is 5.78 Å². The predicted octanol–water partition coefficient (Wildman–Crippen LogP) is 2.35. The van der Waals surface area contributed by atoms with Gasteiger partial charge in [-0.1, -0.05) is 37.3 Å². The third-order valence-electron chi connectivity index (χ3n) is 2.61. The first-order valence-electron chi connectivity index (χ1n) is 5.31. The summed E-state index contributed by atoms with van der Waals surface area (Å²) in [6.45, 7) is 3.43. The van der Waals surface area contributed by atoms with Gasteiger partial charge < -0.3 is 5.11 Å². The monoisotopic (exact) mass is 206 g/mol. The minimum absolute atomic E-state index is 0.0373. The van der Waals surface area contributed by atoms with Crippen LogP contribution >= 0.6 is 0 Å². The molecule has 2 heteroatoms. The van der Waals surface area contributed by atoms with Crippen LogP contribution in [0.5, 0.6) is 0 Å². The minimum atomic E-state index is -0.882. The second-order valence-electron chi connectivity index (χ2n) is 4.12. The quantitative estimate of drug-likeness (QED) is 0.803. The van der Waals surface area contributed by atoms with Gasteiger partial charge in [0.2, 0.25) is 0 Å². The lowest BCUT2D eigenvalue weighted by molar-refractivity contribution is -0.122. The SMILES string of the molecule is CCC(O)(CC(C)=O)Cc1ccccc1. The van der Waals surface area contributed by atoms with E-state index in [4.69, 9.17) is 0 Å². The highest BCUT2D eigenvalue weighted by Crippen LogP contribution is 2.21. The summed E-state index contributed by atoms with van der Waals surface area (Å²) in [5.74, 6) is 0.0373. The summed E-state index contributed by atoms with van der Waals surface area (Å²) in [4.78, 5) is 11.0. The van der Waals surface area contributed by atoms with Gasteiger partial charge in [-0.25, -0.2) is 0 Å². The molecular weight excluding hydrogens is 188 g/mol. The van der Waals surface area contributed by atoms with E-state index >= 15 is 0 Å². The van der Waals surface area contributed by atoms with E-state index in [1.807, 2.05) is 37.3 Å². The number of rotatable bonds is 5. The predicted molar refractivity (Wildman–Crippen MR) is 60.7 cm³/mol. The number of hydrogen-bond donors (Lipinski definition) is 1. The summed E-state index contributed by atoms with van der Waals surface area (Å²) in [5, 5.41) is 10.2. The highest BCUT2D eigenvalue weighted by Gasteiger charge is 2.26. The van der Waals surface area contributed by atoms with E-state index in [0.29, 0.717) is 12.8 Å². The molecule has 0 aliphatic heterocycles. The summed E-state index contributed by atoms with van der Waals surface area (Å²) >= 11 is 0. The van der Waals surface area contributed by atoms with E-state index < -0.39 is 5.60 Å². The molecule has 1 atom stereocenters. The van der Waals surface area contributed by atoms with Crippen molar-refractivity contribution in [1.82, 2.24) is 0 Å². The number of benzene rings is 1. The number of carbonyl (C=O) groups excluding carboxylic acids is 1. The van der Waals surface area contributed by atoms with Gasteiger partial charge in [-0.2, -0.15) is 0 Å². The van der Waals surface area contributed by atoms with Gasteiger partial charge in [-0.3, -0.25) is 4.79 Å².